The Bertz CT molecular complexity index is 497. The van der Waals surface area contributed by atoms with Crippen LogP contribution in [0.1, 0.15) is 19.0 Å². The van der Waals surface area contributed by atoms with Crippen LogP contribution in [0.15, 0.2) is 43.0 Å². The molecule has 90 valence electrons. The number of nitrogens with zero attached hydrogens (tertiary/aromatic N) is 1. The summed E-state index contributed by atoms with van der Waals surface area (Å²) in [6.07, 6.45) is 2.99. The van der Waals surface area contributed by atoms with Gasteiger partial charge in [-0.25, -0.2) is 0 Å². The van der Waals surface area contributed by atoms with Crippen molar-refractivity contribution in [2.45, 2.75) is 26.4 Å². The van der Waals surface area contributed by atoms with E-state index in [2.05, 4.69) is 53.7 Å². The normalized spacial score (nSPS) is 10.9. The zero-order valence-electron chi connectivity index (χ0n) is 10.4. The molecule has 0 saturated carbocycles. The van der Waals surface area contributed by atoms with E-state index in [1.807, 2.05) is 6.08 Å². The highest BCUT2D eigenvalue weighted by atomic mass is 15.0. The Morgan fingerprint density at radius 1 is 1.35 bits per heavy atom. The Balaban J connectivity index is 2.37. The summed E-state index contributed by atoms with van der Waals surface area (Å²) in [5.74, 6) is 0. The quantitative estimate of drug-likeness (QED) is 0.750. The SMILES string of the molecule is C=CCCn1c(CNCC)cc2ccccc21. The first-order chi connectivity index (χ1) is 8.36. The molecule has 1 N–H and O–H groups in total. The van der Waals surface area contributed by atoms with Gasteiger partial charge in [0.25, 0.3) is 0 Å². The van der Waals surface area contributed by atoms with Crippen LogP contribution in [0.4, 0.5) is 0 Å². The third-order valence-corrected chi connectivity index (χ3v) is 3.01. The molecule has 0 radical (unpaired) electrons. The number of allylic oxidation sites excluding steroid dienone is 1. The second-order valence-corrected chi connectivity index (χ2v) is 4.20. The van der Waals surface area contributed by atoms with Gasteiger partial charge in [0.05, 0.1) is 0 Å². The number of fused-ring (bicyclic) bond motifs is 1. The first kappa shape index (κ1) is 11.9. The van der Waals surface area contributed by atoms with Gasteiger partial charge in [-0.3, -0.25) is 0 Å². The van der Waals surface area contributed by atoms with Gasteiger partial charge in [0.1, 0.15) is 0 Å². The lowest BCUT2D eigenvalue weighted by Gasteiger charge is -2.09. The van der Waals surface area contributed by atoms with Crippen LogP contribution >= 0.6 is 0 Å². The molecule has 0 aliphatic rings. The molecule has 0 bridgehead atoms. The van der Waals surface area contributed by atoms with Crippen molar-refractivity contribution in [2.24, 2.45) is 0 Å². The summed E-state index contributed by atoms with van der Waals surface area (Å²) in [7, 11) is 0. The number of rotatable bonds is 6. The highest BCUT2D eigenvalue weighted by Crippen LogP contribution is 2.20. The molecule has 0 saturated heterocycles. The van der Waals surface area contributed by atoms with E-state index in [0.717, 1.165) is 26.1 Å². The van der Waals surface area contributed by atoms with Gasteiger partial charge in [-0.1, -0.05) is 31.2 Å². The molecule has 2 rings (SSSR count). The molecule has 0 aliphatic heterocycles. The third kappa shape index (κ3) is 2.59. The van der Waals surface area contributed by atoms with E-state index in [-0.39, 0.29) is 0 Å². The molecule has 0 amide bonds. The van der Waals surface area contributed by atoms with Crippen LogP contribution in [-0.2, 0) is 13.1 Å². The van der Waals surface area contributed by atoms with Gasteiger partial charge < -0.3 is 9.88 Å². The zero-order chi connectivity index (χ0) is 12.1. The topological polar surface area (TPSA) is 17.0 Å². The molecule has 0 aliphatic carbocycles. The van der Waals surface area contributed by atoms with Crippen molar-refractivity contribution >= 4 is 10.9 Å². The molecule has 0 atom stereocenters. The third-order valence-electron chi connectivity index (χ3n) is 3.01. The molecule has 0 unspecified atom stereocenters. The van der Waals surface area contributed by atoms with Gasteiger partial charge in [0, 0.05) is 24.3 Å². The van der Waals surface area contributed by atoms with Crippen molar-refractivity contribution in [3.8, 4) is 0 Å². The van der Waals surface area contributed by atoms with E-state index in [4.69, 9.17) is 0 Å². The predicted octanol–water partition coefficient (Wildman–Crippen LogP) is 3.33. The maximum absolute atomic E-state index is 3.80. The minimum Gasteiger partial charge on any atom is -0.343 e. The summed E-state index contributed by atoms with van der Waals surface area (Å²) in [4.78, 5) is 0. The van der Waals surface area contributed by atoms with Crippen molar-refractivity contribution in [1.29, 1.82) is 0 Å². The summed E-state index contributed by atoms with van der Waals surface area (Å²) in [6, 6.07) is 10.8. The molecule has 2 aromatic rings. The molecule has 1 aromatic heterocycles. The lowest BCUT2D eigenvalue weighted by Crippen LogP contribution is -2.15. The number of benzene rings is 1. The van der Waals surface area contributed by atoms with E-state index in [0.29, 0.717) is 0 Å². The average Bonchev–Trinajstić information content (AvgIpc) is 2.71. The number of hydrogen-bond acceptors (Lipinski definition) is 1. The van der Waals surface area contributed by atoms with Gasteiger partial charge in [-0.2, -0.15) is 0 Å². The highest BCUT2D eigenvalue weighted by molar-refractivity contribution is 5.81. The summed E-state index contributed by atoms with van der Waals surface area (Å²) < 4.78 is 2.39. The van der Waals surface area contributed by atoms with Gasteiger partial charge >= 0.3 is 0 Å². The number of aromatic nitrogens is 1. The minimum atomic E-state index is 0.933. The Hall–Kier alpha value is -1.54. The highest BCUT2D eigenvalue weighted by Gasteiger charge is 2.06. The van der Waals surface area contributed by atoms with Gasteiger partial charge in [-0.15, -0.1) is 6.58 Å². The maximum Gasteiger partial charge on any atom is 0.0483 e. The Labute approximate surface area is 103 Å². The van der Waals surface area contributed by atoms with E-state index in [1.165, 1.54) is 16.6 Å². The fourth-order valence-electron chi connectivity index (χ4n) is 2.15. The van der Waals surface area contributed by atoms with E-state index in [9.17, 15) is 0 Å². The minimum absolute atomic E-state index is 0.933. The molecule has 2 heteroatoms. The van der Waals surface area contributed by atoms with Gasteiger partial charge in [0.15, 0.2) is 0 Å². The van der Waals surface area contributed by atoms with Crippen LogP contribution in [0.5, 0.6) is 0 Å². The standard InChI is InChI=1S/C15H20N2/c1-3-5-10-17-14(12-16-4-2)11-13-8-6-7-9-15(13)17/h3,6-9,11,16H,1,4-5,10,12H2,2H3. The van der Waals surface area contributed by atoms with E-state index >= 15 is 0 Å². The lowest BCUT2D eigenvalue weighted by atomic mass is 10.2. The molecule has 0 spiro atoms. The first-order valence-electron chi connectivity index (χ1n) is 6.25. The van der Waals surface area contributed by atoms with Crippen molar-refractivity contribution in [3.05, 3.63) is 48.7 Å². The largest absolute Gasteiger partial charge is 0.343 e. The summed E-state index contributed by atoms with van der Waals surface area (Å²) >= 11 is 0. The van der Waals surface area contributed by atoms with Gasteiger partial charge in [-0.05, 0) is 30.5 Å². The van der Waals surface area contributed by atoms with E-state index in [1.54, 1.807) is 0 Å². The molecular weight excluding hydrogens is 208 g/mol. The maximum atomic E-state index is 3.80. The van der Waals surface area contributed by atoms with Crippen LogP contribution in [0.2, 0.25) is 0 Å². The molecule has 1 heterocycles. The average molecular weight is 228 g/mol. The van der Waals surface area contributed by atoms with Crippen molar-refractivity contribution in [2.75, 3.05) is 6.54 Å². The first-order valence-corrected chi connectivity index (χ1v) is 6.25. The predicted molar refractivity (Wildman–Crippen MR) is 74.1 cm³/mol. The lowest BCUT2D eigenvalue weighted by molar-refractivity contribution is 0.639. The molecule has 0 fully saturated rings. The van der Waals surface area contributed by atoms with Crippen molar-refractivity contribution < 1.29 is 0 Å². The Kier molecular flexibility index (Phi) is 3.99. The zero-order valence-corrected chi connectivity index (χ0v) is 10.4. The van der Waals surface area contributed by atoms with Crippen LogP contribution in [0.25, 0.3) is 10.9 Å². The second kappa shape index (κ2) is 5.69. The van der Waals surface area contributed by atoms with Crippen LogP contribution in [-0.4, -0.2) is 11.1 Å². The monoisotopic (exact) mass is 228 g/mol. The molecule has 17 heavy (non-hydrogen) atoms. The van der Waals surface area contributed by atoms with E-state index < -0.39 is 0 Å². The number of aryl methyl sites for hydroxylation is 1. The Morgan fingerprint density at radius 3 is 2.94 bits per heavy atom. The van der Waals surface area contributed by atoms with Crippen molar-refractivity contribution in [1.82, 2.24) is 9.88 Å². The number of hydrogen-bond donors (Lipinski definition) is 1. The molecule has 2 nitrogen and oxygen atoms in total. The van der Waals surface area contributed by atoms with Gasteiger partial charge in [0.2, 0.25) is 0 Å². The summed E-state index contributed by atoms with van der Waals surface area (Å²) in [6.45, 7) is 8.89. The summed E-state index contributed by atoms with van der Waals surface area (Å²) in [5, 5.41) is 4.72. The smallest absolute Gasteiger partial charge is 0.0483 e. The van der Waals surface area contributed by atoms with Crippen LogP contribution < -0.4 is 5.32 Å². The Morgan fingerprint density at radius 2 is 2.18 bits per heavy atom. The van der Waals surface area contributed by atoms with Crippen LogP contribution in [0, 0.1) is 0 Å². The molecule has 1 aromatic carbocycles. The summed E-state index contributed by atoms with van der Waals surface area (Å²) in [5.41, 5.74) is 2.68. The fraction of sp³-hybridized carbons (Fsp3) is 0.333. The van der Waals surface area contributed by atoms with Crippen molar-refractivity contribution in [3.63, 3.8) is 0 Å². The number of para-hydroxylation sites is 1. The molecular formula is C15H20N2. The second-order valence-electron chi connectivity index (χ2n) is 4.20. The van der Waals surface area contributed by atoms with Crippen LogP contribution in [0.3, 0.4) is 0 Å². The fourth-order valence-corrected chi connectivity index (χ4v) is 2.15. The number of nitrogens with one attached hydrogen (secondary N) is 1.